The summed E-state index contributed by atoms with van der Waals surface area (Å²) < 4.78 is 18.0. The lowest BCUT2D eigenvalue weighted by Gasteiger charge is -2.42. The van der Waals surface area contributed by atoms with E-state index in [4.69, 9.17) is 14.2 Å². The number of ether oxygens (including phenoxy) is 3. The molecule has 0 radical (unpaired) electrons. The van der Waals surface area contributed by atoms with Crippen LogP contribution in [-0.4, -0.2) is 56.2 Å². The van der Waals surface area contributed by atoms with Crippen molar-refractivity contribution in [1.29, 1.82) is 0 Å². The van der Waals surface area contributed by atoms with Gasteiger partial charge in [0.05, 0.1) is 25.9 Å². The zero-order chi connectivity index (χ0) is 17.8. The molecule has 0 aromatic carbocycles. The summed E-state index contributed by atoms with van der Waals surface area (Å²) in [6.45, 7) is 13.2. The van der Waals surface area contributed by atoms with Gasteiger partial charge in [0.25, 0.3) is 0 Å². The molecular formula is C21H39NO3. The Morgan fingerprint density at radius 1 is 1.08 bits per heavy atom. The molecule has 4 heteroatoms. The maximum absolute atomic E-state index is 6.42. The van der Waals surface area contributed by atoms with Crippen LogP contribution in [-0.2, 0) is 14.2 Å². The minimum absolute atomic E-state index is 0.241. The predicted molar refractivity (Wildman–Crippen MR) is 101 cm³/mol. The van der Waals surface area contributed by atoms with Gasteiger partial charge in [-0.05, 0) is 50.0 Å². The van der Waals surface area contributed by atoms with Crippen LogP contribution in [0.4, 0.5) is 0 Å². The molecule has 1 saturated carbocycles. The van der Waals surface area contributed by atoms with Crippen LogP contribution in [0.1, 0.15) is 72.1 Å². The fourth-order valence-electron chi connectivity index (χ4n) is 4.68. The van der Waals surface area contributed by atoms with E-state index >= 15 is 0 Å². The van der Waals surface area contributed by atoms with Crippen molar-refractivity contribution in [1.82, 2.24) is 4.90 Å². The third-order valence-corrected chi connectivity index (χ3v) is 7.03. The van der Waals surface area contributed by atoms with E-state index in [9.17, 15) is 0 Å². The number of unbranched alkanes of at least 4 members (excludes halogenated alkanes) is 1. The highest BCUT2D eigenvalue weighted by Gasteiger charge is 2.46. The zero-order valence-corrected chi connectivity index (χ0v) is 16.7. The van der Waals surface area contributed by atoms with Gasteiger partial charge in [0.1, 0.15) is 0 Å². The van der Waals surface area contributed by atoms with E-state index in [2.05, 4.69) is 25.7 Å². The maximum atomic E-state index is 6.42. The highest BCUT2D eigenvalue weighted by Crippen LogP contribution is 2.47. The second-order valence-corrected chi connectivity index (χ2v) is 9.03. The second kappa shape index (κ2) is 8.69. The highest BCUT2D eigenvalue weighted by molar-refractivity contribution is 4.89. The minimum atomic E-state index is -0.241. The first-order valence-corrected chi connectivity index (χ1v) is 10.6. The van der Waals surface area contributed by atoms with Gasteiger partial charge in [-0.1, -0.05) is 27.2 Å². The van der Waals surface area contributed by atoms with Gasteiger partial charge in [-0.3, -0.25) is 4.90 Å². The quantitative estimate of drug-likeness (QED) is 0.641. The average Bonchev–Trinajstić information content (AvgIpc) is 3.02. The molecule has 1 spiro atoms. The Balaban J connectivity index is 1.33. The summed E-state index contributed by atoms with van der Waals surface area (Å²) in [6, 6.07) is 0. The third-order valence-electron chi connectivity index (χ3n) is 7.03. The van der Waals surface area contributed by atoms with Crippen LogP contribution in [0.2, 0.25) is 0 Å². The summed E-state index contributed by atoms with van der Waals surface area (Å²) in [5.41, 5.74) is 0.457. The standard InChI is InChI=1S/C21H39NO3/c1-4-20(2,3)18-8-10-21(11-9-18)24-17-19(25-21)7-5-6-12-22-13-15-23-16-14-22/h18-19H,4-17H2,1-3H3. The Labute approximate surface area is 154 Å². The van der Waals surface area contributed by atoms with Gasteiger partial charge in [-0.2, -0.15) is 0 Å². The van der Waals surface area contributed by atoms with Crippen molar-refractivity contribution in [2.45, 2.75) is 84.0 Å². The Morgan fingerprint density at radius 2 is 1.80 bits per heavy atom. The summed E-state index contributed by atoms with van der Waals surface area (Å²) in [6.07, 6.45) is 9.92. The van der Waals surface area contributed by atoms with Gasteiger partial charge in [0.15, 0.2) is 5.79 Å². The largest absolute Gasteiger partial charge is 0.379 e. The van der Waals surface area contributed by atoms with Crippen LogP contribution < -0.4 is 0 Å². The topological polar surface area (TPSA) is 30.9 Å². The fourth-order valence-corrected chi connectivity index (χ4v) is 4.68. The molecule has 1 atom stereocenters. The lowest BCUT2D eigenvalue weighted by atomic mass is 9.68. The fraction of sp³-hybridized carbons (Fsp3) is 1.00. The number of hydrogen-bond acceptors (Lipinski definition) is 4. The number of rotatable bonds is 7. The van der Waals surface area contributed by atoms with Crippen molar-refractivity contribution in [2.75, 3.05) is 39.5 Å². The molecule has 3 rings (SSSR count). The first-order valence-electron chi connectivity index (χ1n) is 10.6. The highest BCUT2D eigenvalue weighted by atomic mass is 16.7. The van der Waals surface area contributed by atoms with Gasteiger partial charge in [-0.25, -0.2) is 0 Å². The van der Waals surface area contributed by atoms with Crippen LogP contribution >= 0.6 is 0 Å². The molecule has 2 heterocycles. The third kappa shape index (κ3) is 5.18. The molecule has 2 aliphatic heterocycles. The Kier molecular flexibility index (Phi) is 6.81. The van der Waals surface area contributed by atoms with Crippen LogP contribution in [0.15, 0.2) is 0 Å². The molecular weight excluding hydrogens is 314 g/mol. The van der Waals surface area contributed by atoms with E-state index in [1.165, 1.54) is 38.6 Å². The Morgan fingerprint density at radius 3 is 2.48 bits per heavy atom. The summed E-state index contributed by atoms with van der Waals surface area (Å²) in [7, 11) is 0. The molecule has 0 N–H and O–H groups in total. The van der Waals surface area contributed by atoms with E-state index in [1.54, 1.807) is 0 Å². The molecule has 1 unspecified atom stereocenters. The van der Waals surface area contributed by atoms with Crippen LogP contribution in [0.25, 0.3) is 0 Å². The molecule has 2 saturated heterocycles. The van der Waals surface area contributed by atoms with Crippen molar-refractivity contribution < 1.29 is 14.2 Å². The molecule has 0 aromatic rings. The number of morpholine rings is 1. The lowest BCUT2D eigenvalue weighted by molar-refractivity contribution is -0.197. The minimum Gasteiger partial charge on any atom is -0.379 e. The Bertz CT molecular complexity index is 398. The number of hydrogen-bond donors (Lipinski definition) is 0. The van der Waals surface area contributed by atoms with E-state index in [1.807, 2.05) is 0 Å². The van der Waals surface area contributed by atoms with Gasteiger partial charge in [0.2, 0.25) is 0 Å². The van der Waals surface area contributed by atoms with E-state index in [0.717, 1.165) is 58.1 Å². The molecule has 4 nitrogen and oxygen atoms in total. The van der Waals surface area contributed by atoms with Crippen LogP contribution in [0, 0.1) is 11.3 Å². The van der Waals surface area contributed by atoms with E-state index in [-0.39, 0.29) is 5.79 Å². The smallest absolute Gasteiger partial charge is 0.168 e. The normalized spacial score (nSPS) is 34.7. The molecule has 0 amide bonds. The summed E-state index contributed by atoms with van der Waals surface area (Å²) in [4.78, 5) is 2.52. The molecule has 146 valence electrons. The van der Waals surface area contributed by atoms with E-state index < -0.39 is 0 Å². The van der Waals surface area contributed by atoms with Crippen molar-refractivity contribution in [3.63, 3.8) is 0 Å². The van der Waals surface area contributed by atoms with Crippen molar-refractivity contribution in [3.05, 3.63) is 0 Å². The van der Waals surface area contributed by atoms with E-state index in [0.29, 0.717) is 11.5 Å². The van der Waals surface area contributed by atoms with Crippen molar-refractivity contribution >= 4 is 0 Å². The molecule has 1 aliphatic carbocycles. The SMILES string of the molecule is CCC(C)(C)C1CCC2(CC1)OCC(CCCCN1CCOCC1)O2. The average molecular weight is 354 g/mol. The monoisotopic (exact) mass is 353 g/mol. The van der Waals surface area contributed by atoms with Crippen LogP contribution in [0.3, 0.4) is 0 Å². The van der Waals surface area contributed by atoms with Crippen molar-refractivity contribution in [2.24, 2.45) is 11.3 Å². The molecule has 3 aliphatic rings. The van der Waals surface area contributed by atoms with Gasteiger partial charge >= 0.3 is 0 Å². The first kappa shape index (κ1) is 19.6. The summed E-state index contributed by atoms with van der Waals surface area (Å²) in [5, 5.41) is 0. The molecule has 3 fully saturated rings. The first-order chi connectivity index (χ1) is 12.0. The summed E-state index contributed by atoms with van der Waals surface area (Å²) in [5.74, 6) is 0.581. The molecule has 25 heavy (non-hydrogen) atoms. The van der Waals surface area contributed by atoms with Crippen molar-refractivity contribution in [3.8, 4) is 0 Å². The Hall–Kier alpha value is -0.160. The van der Waals surface area contributed by atoms with Crippen LogP contribution in [0.5, 0.6) is 0 Å². The maximum Gasteiger partial charge on any atom is 0.168 e. The van der Waals surface area contributed by atoms with Gasteiger partial charge in [-0.15, -0.1) is 0 Å². The molecule has 0 aromatic heterocycles. The second-order valence-electron chi connectivity index (χ2n) is 9.03. The number of nitrogens with zero attached hydrogens (tertiary/aromatic N) is 1. The lowest BCUT2D eigenvalue weighted by Crippen LogP contribution is -2.39. The summed E-state index contributed by atoms with van der Waals surface area (Å²) >= 11 is 0. The van der Waals surface area contributed by atoms with Gasteiger partial charge < -0.3 is 14.2 Å². The zero-order valence-electron chi connectivity index (χ0n) is 16.7. The molecule has 0 bridgehead atoms. The van der Waals surface area contributed by atoms with Gasteiger partial charge in [0, 0.05) is 25.9 Å². The predicted octanol–water partition coefficient (Wildman–Crippen LogP) is 4.23.